The Morgan fingerprint density at radius 3 is 2.09 bits per heavy atom. The van der Waals surface area contributed by atoms with Crippen LogP contribution in [0.3, 0.4) is 0 Å². The van der Waals surface area contributed by atoms with Crippen molar-refractivity contribution in [2.24, 2.45) is 0 Å². The highest BCUT2D eigenvalue weighted by molar-refractivity contribution is 5.73. The molecule has 0 spiro atoms. The number of ether oxygens (including phenoxy) is 2. The summed E-state index contributed by atoms with van der Waals surface area (Å²) in [4.78, 5) is 32.0. The number of carbonyl (C=O) groups excluding carboxylic acids is 2. The first-order chi connectivity index (χ1) is 10.2. The largest absolute Gasteiger partial charge is 0.479 e. The van der Waals surface area contributed by atoms with Crippen molar-refractivity contribution in [1.29, 1.82) is 0 Å². The van der Waals surface area contributed by atoms with Crippen LogP contribution in [0.1, 0.15) is 0 Å². The van der Waals surface area contributed by atoms with Crippen molar-refractivity contribution in [3.63, 3.8) is 0 Å². The zero-order chi connectivity index (χ0) is 17.0. The Kier molecular flexibility index (Phi) is 6.49. The Labute approximate surface area is 123 Å². The van der Waals surface area contributed by atoms with E-state index in [-0.39, 0.29) is 12.6 Å². The van der Waals surface area contributed by atoms with Gasteiger partial charge in [-0.25, -0.2) is 4.79 Å². The van der Waals surface area contributed by atoms with E-state index in [1.807, 2.05) is 0 Å². The van der Waals surface area contributed by atoms with E-state index in [4.69, 9.17) is 19.7 Å². The predicted octanol–water partition coefficient (Wildman–Crippen LogP) is -4.62. The molecule has 0 bridgehead atoms. The standard InChI is InChI=1S/C11H16O11/c12-1-3(14)5(15)4(2-13)21-11-8(18)6(16)7(17)9(22-11)10(19)20/h1-9,11,14-18H,(H,19,20)/t3-,4-,5+,6-,7+,8+,9-,11-/m0/s1. The Balaban J connectivity index is 2.87. The van der Waals surface area contributed by atoms with Crippen LogP contribution in [0.25, 0.3) is 0 Å². The normalized spacial score (nSPS) is 36.1. The van der Waals surface area contributed by atoms with Crippen molar-refractivity contribution >= 4 is 18.5 Å². The van der Waals surface area contributed by atoms with E-state index >= 15 is 0 Å². The van der Waals surface area contributed by atoms with Crippen LogP contribution in [0.2, 0.25) is 0 Å². The van der Waals surface area contributed by atoms with E-state index in [9.17, 15) is 34.8 Å². The van der Waals surface area contributed by atoms with Gasteiger partial charge >= 0.3 is 5.97 Å². The number of aliphatic hydroxyl groups excluding tert-OH is 5. The molecule has 0 unspecified atom stereocenters. The Bertz CT molecular complexity index is 413. The second-order valence-corrected chi connectivity index (χ2v) is 4.59. The number of carbonyl (C=O) groups is 3. The van der Waals surface area contributed by atoms with Crippen molar-refractivity contribution < 1.29 is 54.5 Å². The van der Waals surface area contributed by atoms with E-state index in [2.05, 4.69) is 0 Å². The van der Waals surface area contributed by atoms with Gasteiger partial charge in [0.2, 0.25) is 0 Å². The second kappa shape index (κ2) is 7.69. The van der Waals surface area contributed by atoms with Gasteiger partial charge in [-0.05, 0) is 0 Å². The number of aliphatic hydroxyl groups is 5. The molecular formula is C11H16O11. The fourth-order valence-electron chi connectivity index (χ4n) is 1.79. The van der Waals surface area contributed by atoms with E-state index in [1.165, 1.54) is 0 Å². The topological polar surface area (TPSA) is 191 Å². The van der Waals surface area contributed by atoms with Crippen LogP contribution in [-0.4, -0.2) is 98.2 Å². The van der Waals surface area contributed by atoms with Crippen molar-refractivity contribution in [3.05, 3.63) is 0 Å². The van der Waals surface area contributed by atoms with Crippen LogP contribution in [-0.2, 0) is 23.9 Å². The summed E-state index contributed by atoms with van der Waals surface area (Å²) in [7, 11) is 0. The summed E-state index contributed by atoms with van der Waals surface area (Å²) in [5.41, 5.74) is 0. The van der Waals surface area contributed by atoms with Gasteiger partial charge in [0.25, 0.3) is 0 Å². The highest BCUT2D eigenvalue weighted by Gasteiger charge is 2.48. The summed E-state index contributed by atoms with van der Waals surface area (Å²) in [5.74, 6) is -1.66. The minimum absolute atomic E-state index is 0.0132. The fourth-order valence-corrected chi connectivity index (χ4v) is 1.79. The van der Waals surface area contributed by atoms with Crippen LogP contribution >= 0.6 is 0 Å². The van der Waals surface area contributed by atoms with Crippen molar-refractivity contribution in [1.82, 2.24) is 0 Å². The van der Waals surface area contributed by atoms with Gasteiger partial charge in [0.1, 0.15) is 36.6 Å². The third kappa shape index (κ3) is 3.84. The van der Waals surface area contributed by atoms with E-state index in [0.29, 0.717) is 0 Å². The van der Waals surface area contributed by atoms with Gasteiger partial charge in [-0.2, -0.15) is 0 Å². The molecule has 1 heterocycles. The summed E-state index contributed by atoms with van der Waals surface area (Å²) in [6.45, 7) is 0. The van der Waals surface area contributed by atoms with Crippen LogP contribution in [0, 0.1) is 0 Å². The molecule has 1 saturated heterocycles. The highest BCUT2D eigenvalue weighted by Crippen LogP contribution is 2.23. The summed E-state index contributed by atoms with van der Waals surface area (Å²) in [6.07, 6.45) is -15.6. The third-order valence-electron chi connectivity index (χ3n) is 3.06. The van der Waals surface area contributed by atoms with Crippen LogP contribution < -0.4 is 0 Å². The minimum Gasteiger partial charge on any atom is -0.479 e. The molecule has 11 heteroatoms. The molecule has 22 heavy (non-hydrogen) atoms. The molecule has 126 valence electrons. The number of carboxylic acid groups (broad SMARTS) is 1. The fraction of sp³-hybridized carbons (Fsp3) is 0.727. The first-order valence-corrected chi connectivity index (χ1v) is 6.09. The lowest BCUT2D eigenvalue weighted by atomic mass is 9.99. The first kappa shape index (κ1) is 18.6. The Morgan fingerprint density at radius 2 is 1.64 bits per heavy atom. The molecule has 0 aromatic carbocycles. The molecule has 11 nitrogen and oxygen atoms in total. The second-order valence-electron chi connectivity index (χ2n) is 4.59. The molecule has 1 aliphatic rings. The highest BCUT2D eigenvalue weighted by atomic mass is 16.7. The SMILES string of the molecule is O=C[C@H](O[C@H]1O[C@H](C(=O)O)[C@H](O)[C@H](O)[C@H]1O)[C@H](O)[C@@H](O)C=O. The lowest BCUT2D eigenvalue weighted by Gasteiger charge is -2.39. The van der Waals surface area contributed by atoms with Crippen LogP contribution in [0.15, 0.2) is 0 Å². The molecule has 0 aliphatic carbocycles. The zero-order valence-electron chi connectivity index (χ0n) is 11.0. The van der Waals surface area contributed by atoms with Gasteiger partial charge in [0.05, 0.1) is 0 Å². The molecule has 0 amide bonds. The van der Waals surface area contributed by atoms with Crippen LogP contribution in [0.4, 0.5) is 0 Å². The number of rotatable bonds is 7. The Morgan fingerprint density at radius 1 is 1.05 bits per heavy atom. The molecule has 1 fully saturated rings. The van der Waals surface area contributed by atoms with Gasteiger partial charge in [-0.3, -0.25) is 0 Å². The molecule has 0 radical (unpaired) electrons. The number of hydrogen-bond acceptors (Lipinski definition) is 10. The monoisotopic (exact) mass is 324 g/mol. The average Bonchev–Trinajstić information content (AvgIpc) is 2.50. The summed E-state index contributed by atoms with van der Waals surface area (Å²) in [6, 6.07) is 0. The smallest absolute Gasteiger partial charge is 0.335 e. The number of hydrogen-bond donors (Lipinski definition) is 6. The maximum Gasteiger partial charge on any atom is 0.335 e. The lowest BCUT2D eigenvalue weighted by Crippen LogP contribution is -2.61. The van der Waals surface area contributed by atoms with Gasteiger partial charge in [-0.1, -0.05) is 0 Å². The summed E-state index contributed by atoms with van der Waals surface area (Å²) >= 11 is 0. The van der Waals surface area contributed by atoms with Crippen molar-refractivity contribution in [3.8, 4) is 0 Å². The van der Waals surface area contributed by atoms with Crippen LogP contribution in [0.5, 0.6) is 0 Å². The van der Waals surface area contributed by atoms with Gasteiger partial charge in [0.15, 0.2) is 25.0 Å². The van der Waals surface area contributed by atoms with Gasteiger partial charge < -0.3 is 49.7 Å². The maximum atomic E-state index is 10.9. The first-order valence-electron chi connectivity index (χ1n) is 6.09. The minimum atomic E-state index is -2.00. The molecule has 1 rings (SSSR count). The average molecular weight is 324 g/mol. The maximum absolute atomic E-state index is 10.9. The molecular weight excluding hydrogens is 308 g/mol. The lowest BCUT2D eigenvalue weighted by molar-refractivity contribution is -0.307. The molecule has 6 N–H and O–H groups in total. The number of carboxylic acids is 1. The number of aldehydes is 2. The van der Waals surface area contributed by atoms with Gasteiger partial charge in [-0.15, -0.1) is 0 Å². The summed E-state index contributed by atoms with van der Waals surface area (Å²) < 4.78 is 9.51. The molecule has 0 saturated carbocycles. The van der Waals surface area contributed by atoms with E-state index in [1.54, 1.807) is 0 Å². The van der Waals surface area contributed by atoms with Gasteiger partial charge in [0, 0.05) is 0 Å². The van der Waals surface area contributed by atoms with E-state index < -0.39 is 55.0 Å². The number of aliphatic carboxylic acids is 1. The molecule has 0 aromatic heterocycles. The zero-order valence-corrected chi connectivity index (χ0v) is 11.0. The third-order valence-corrected chi connectivity index (χ3v) is 3.06. The van der Waals surface area contributed by atoms with E-state index in [0.717, 1.165) is 0 Å². The summed E-state index contributed by atoms with van der Waals surface area (Å²) in [5, 5.41) is 56.0. The van der Waals surface area contributed by atoms with Crippen molar-refractivity contribution in [2.75, 3.05) is 0 Å². The molecule has 0 aromatic rings. The molecule has 1 aliphatic heterocycles. The predicted molar refractivity (Wildman–Crippen MR) is 63.3 cm³/mol. The van der Waals surface area contributed by atoms with Crippen molar-refractivity contribution in [2.45, 2.75) is 49.0 Å². The molecule has 8 atom stereocenters. The quantitative estimate of drug-likeness (QED) is 0.247. The Hall–Kier alpha value is -1.47.